The molecule has 1 unspecified atom stereocenters. The molecule has 2 aromatic rings. The highest BCUT2D eigenvalue weighted by Gasteiger charge is 2.33. The highest BCUT2D eigenvalue weighted by atomic mass is 79.9. The number of benzene rings is 1. The Bertz CT molecular complexity index is 696. The first-order valence-electron chi connectivity index (χ1n) is 6.71. The second kappa shape index (κ2) is 6.31. The Morgan fingerprint density at radius 1 is 1.36 bits per heavy atom. The third kappa shape index (κ3) is 3.36. The van der Waals surface area contributed by atoms with Crippen LogP contribution in [0.25, 0.3) is 5.69 Å². The molecule has 22 heavy (non-hydrogen) atoms. The number of carbonyl (C=O) groups is 2. The van der Waals surface area contributed by atoms with E-state index >= 15 is 0 Å². The Morgan fingerprint density at radius 2 is 2.00 bits per heavy atom. The third-order valence-electron chi connectivity index (χ3n) is 3.51. The Balaban J connectivity index is 2.19. The number of amides is 1. The molecule has 0 aliphatic heterocycles. The highest BCUT2D eigenvalue weighted by molar-refractivity contribution is 9.10. The van der Waals surface area contributed by atoms with E-state index in [2.05, 4.69) is 26.2 Å². The van der Waals surface area contributed by atoms with Crippen molar-refractivity contribution in [1.29, 1.82) is 0 Å². The van der Waals surface area contributed by atoms with Crippen molar-refractivity contribution >= 4 is 27.8 Å². The van der Waals surface area contributed by atoms with Gasteiger partial charge in [-0.2, -0.15) is 0 Å². The van der Waals surface area contributed by atoms with Crippen LogP contribution in [0.2, 0.25) is 0 Å². The lowest BCUT2D eigenvalue weighted by Crippen LogP contribution is -2.51. The summed E-state index contributed by atoms with van der Waals surface area (Å²) in [4.78, 5) is 27.4. The molecular formula is C15H16BrN3O3. The van der Waals surface area contributed by atoms with Crippen LogP contribution in [0.5, 0.6) is 0 Å². The maximum Gasteiger partial charge on any atom is 0.329 e. The van der Waals surface area contributed by atoms with Gasteiger partial charge < -0.3 is 15.0 Å². The van der Waals surface area contributed by atoms with Gasteiger partial charge in [0.15, 0.2) is 0 Å². The average Bonchev–Trinajstić information content (AvgIpc) is 2.97. The number of carboxylic acids is 1. The average molecular weight is 366 g/mol. The van der Waals surface area contributed by atoms with Crippen LogP contribution < -0.4 is 5.32 Å². The number of hydrogen-bond acceptors (Lipinski definition) is 3. The van der Waals surface area contributed by atoms with Gasteiger partial charge in [-0.25, -0.2) is 9.78 Å². The van der Waals surface area contributed by atoms with Crippen molar-refractivity contribution in [3.8, 4) is 5.69 Å². The number of hydrogen-bond donors (Lipinski definition) is 2. The van der Waals surface area contributed by atoms with Crippen molar-refractivity contribution in [2.75, 3.05) is 0 Å². The highest BCUT2D eigenvalue weighted by Crippen LogP contribution is 2.15. The third-order valence-corrected chi connectivity index (χ3v) is 4.04. The lowest BCUT2D eigenvalue weighted by molar-refractivity contribution is -0.143. The van der Waals surface area contributed by atoms with Crippen molar-refractivity contribution in [2.45, 2.75) is 25.8 Å². The van der Waals surface area contributed by atoms with Crippen LogP contribution >= 0.6 is 15.9 Å². The molecule has 6 nitrogen and oxygen atoms in total. The molecule has 1 aromatic carbocycles. The molecule has 0 bridgehead atoms. The molecular weight excluding hydrogens is 350 g/mol. The van der Waals surface area contributed by atoms with E-state index < -0.39 is 17.4 Å². The van der Waals surface area contributed by atoms with Gasteiger partial charge in [-0.3, -0.25) is 4.79 Å². The minimum atomic E-state index is -1.31. The summed E-state index contributed by atoms with van der Waals surface area (Å²) in [7, 11) is 0. The maximum atomic E-state index is 12.2. The van der Waals surface area contributed by atoms with Gasteiger partial charge in [-0.05, 0) is 37.6 Å². The van der Waals surface area contributed by atoms with Crippen LogP contribution in [-0.4, -0.2) is 32.1 Å². The summed E-state index contributed by atoms with van der Waals surface area (Å²) < 4.78 is 2.65. The fourth-order valence-corrected chi connectivity index (χ4v) is 2.07. The van der Waals surface area contributed by atoms with Gasteiger partial charge in [-0.15, -0.1) is 0 Å². The number of nitrogens with zero attached hydrogens (tertiary/aromatic N) is 2. The molecule has 0 aliphatic rings. The van der Waals surface area contributed by atoms with Gasteiger partial charge in [-0.1, -0.05) is 22.9 Å². The largest absolute Gasteiger partial charge is 0.480 e. The van der Waals surface area contributed by atoms with E-state index in [1.165, 1.54) is 13.3 Å². The number of imidazole rings is 1. The van der Waals surface area contributed by atoms with E-state index in [1.54, 1.807) is 17.7 Å². The molecule has 0 fully saturated rings. The zero-order valence-electron chi connectivity index (χ0n) is 12.2. The van der Waals surface area contributed by atoms with E-state index in [-0.39, 0.29) is 12.1 Å². The minimum absolute atomic E-state index is 0.170. The monoisotopic (exact) mass is 365 g/mol. The van der Waals surface area contributed by atoms with Gasteiger partial charge in [0, 0.05) is 16.4 Å². The van der Waals surface area contributed by atoms with Crippen molar-refractivity contribution in [2.24, 2.45) is 0 Å². The molecule has 2 rings (SSSR count). The van der Waals surface area contributed by atoms with E-state index in [0.717, 1.165) is 10.2 Å². The number of aromatic nitrogens is 2. The van der Waals surface area contributed by atoms with Crippen LogP contribution in [0.4, 0.5) is 0 Å². The summed E-state index contributed by atoms with van der Waals surface area (Å²) in [5, 5.41) is 11.7. The maximum absolute atomic E-state index is 12.2. The lowest BCUT2D eigenvalue weighted by atomic mass is 9.99. The summed E-state index contributed by atoms with van der Waals surface area (Å²) in [6.07, 6.45) is 3.36. The quantitative estimate of drug-likeness (QED) is 0.852. The Kier molecular flexibility index (Phi) is 4.65. The summed E-state index contributed by atoms with van der Waals surface area (Å²) >= 11 is 3.36. The number of aliphatic carboxylic acids is 1. The lowest BCUT2D eigenvalue weighted by Gasteiger charge is -2.23. The smallest absolute Gasteiger partial charge is 0.329 e. The fourth-order valence-electron chi connectivity index (χ4n) is 1.80. The van der Waals surface area contributed by atoms with Crippen molar-refractivity contribution in [3.63, 3.8) is 0 Å². The van der Waals surface area contributed by atoms with E-state index in [1.807, 2.05) is 24.3 Å². The zero-order chi connectivity index (χ0) is 16.3. The summed E-state index contributed by atoms with van der Waals surface area (Å²) in [6, 6.07) is 7.52. The fraction of sp³-hybridized carbons (Fsp3) is 0.267. The number of rotatable bonds is 5. The molecule has 1 aromatic heterocycles. The number of carbonyl (C=O) groups excluding carboxylic acids is 1. The predicted octanol–water partition coefficient (Wildman–Crippen LogP) is 2.62. The van der Waals surface area contributed by atoms with E-state index in [4.69, 9.17) is 0 Å². The van der Waals surface area contributed by atoms with Gasteiger partial charge in [0.2, 0.25) is 0 Å². The Morgan fingerprint density at radius 3 is 2.55 bits per heavy atom. The van der Waals surface area contributed by atoms with Crippen LogP contribution in [0.3, 0.4) is 0 Å². The summed E-state index contributed by atoms with van der Waals surface area (Å²) in [5.74, 6) is -1.58. The van der Waals surface area contributed by atoms with Gasteiger partial charge in [0.05, 0.1) is 0 Å². The van der Waals surface area contributed by atoms with E-state index in [9.17, 15) is 14.7 Å². The molecule has 1 amide bonds. The predicted molar refractivity (Wildman–Crippen MR) is 85.1 cm³/mol. The van der Waals surface area contributed by atoms with E-state index in [0.29, 0.717) is 0 Å². The topological polar surface area (TPSA) is 84.2 Å². The van der Waals surface area contributed by atoms with Crippen LogP contribution in [-0.2, 0) is 4.79 Å². The number of nitrogens with one attached hydrogen (secondary N) is 1. The first-order valence-corrected chi connectivity index (χ1v) is 7.51. The van der Waals surface area contributed by atoms with Gasteiger partial charge in [0.1, 0.15) is 17.6 Å². The van der Waals surface area contributed by atoms with Crippen LogP contribution in [0.1, 0.15) is 30.8 Å². The first-order chi connectivity index (χ1) is 10.4. The normalized spacial score (nSPS) is 13.4. The molecule has 7 heteroatoms. The molecule has 0 saturated heterocycles. The van der Waals surface area contributed by atoms with Crippen LogP contribution in [0, 0.1) is 0 Å². The zero-order valence-corrected chi connectivity index (χ0v) is 13.8. The Labute approximate surface area is 136 Å². The molecule has 0 saturated carbocycles. The molecule has 0 spiro atoms. The van der Waals surface area contributed by atoms with Crippen molar-refractivity contribution in [3.05, 3.63) is 47.0 Å². The molecule has 0 radical (unpaired) electrons. The van der Waals surface area contributed by atoms with Crippen molar-refractivity contribution < 1.29 is 14.7 Å². The molecule has 1 atom stereocenters. The molecule has 116 valence electrons. The Hall–Kier alpha value is -2.15. The number of halogens is 1. The SMILES string of the molecule is CCC(C)(NC(=O)c1cn(-c2ccc(Br)cc2)cn1)C(=O)O. The van der Waals surface area contributed by atoms with Gasteiger partial charge >= 0.3 is 5.97 Å². The summed E-state index contributed by atoms with van der Waals surface area (Å²) in [5.41, 5.74) is -0.284. The van der Waals surface area contributed by atoms with Crippen molar-refractivity contribution in [1.82, 2.24) is 14.9 Å². The van der Waals surface area contributed by atoms with Gasteiger partial charge in [0.25, 0.3) is 5.91 Å². The first kappa shape index (κ1) is 16.2. The van der Waals surface area contributed by atoms with Crippen LogP contribution in [0.15, 0.2) is 41.3 Å². The molecule has 1 heterocycles. The second-order valence-electron chi connectivity index (χ2n) is 5.09. The second-order valence-corrected chi connectivity index (χ2v) is 6.00. The number of carboxylic acid groups (broad SMARTS) is 1. The molecule has 2 N–H and O–H groups in total. The minimum Gasteiger partial charge on any atom is -0.480 e. The standard InChI is InChI=1S/C15H16BrN3O3/c1-3-15(2,14(21)22)18-13(20)12-8-19(9-17-12)11-6-4-10(16)5-7-11/h4-9H,3H2,1-2H3,(H,18,20)(H,21,22). The molecule has 0 aliphatic carbocycles. The summed E-state index contributed by atoms with van der Waals surface area (Å²) in [6.45, 7) is 3.17.